The molecule has 0 saturated carbocycles. The second-order valence-corrected chi connectivity index (χ2v) is 8.41. The molecule has 0 aliphatic carbocycles. The van der Waals surface area contributed by atoms with E-state index in [0.29, 0.717) is 34.9 Å². The van der Waals surface area contributed by atoms with E-state index in [1.54, 1.807) is 25.1 Å². The van der Waals surface area contributed by atoms with Crippen LogP contribution in [0.2, 0.25) is 0 Å². The first-order valence-corrected chi connectivity index (χ1v) is 9.70. The van der Waals surface area contributed by atoms with E-state index in [-0.39, 0.29) is 29.9 Å². The van der Waals surface area contributed by atoms with Crippen molar-refractivity contribution < 1.29 is 17.9 Å². The molecule has 4 rings (SSSR count). The van der Waals surface area contributed by atoms with Gasteiger partial charge in [-0.05, 0) is 25.5 Å². The van der Waals surface area contributed by atoms with Crippen LogP contribution in [0.1, 0.15) is 23.7 Å². The zero-order valence-corrected chi connectivity index (χ0v) is 14.4. The lowest BCUT2D eigenvalue weighted by Crippen LogP contribution is -2.25. The summed E-state index contributed by atoms with van der Waals surface area (Å²) in [5.74, 6) is 1.39. The number of aromatic nitrogens is 2. The highest BCUT2D eigenvalue weighted by Crippen LogP contribution is 2.35. The van der Waals surface area contributed by atoms with Gasteiger partial charge in [0.1, 0.15) is 0 Å². The normalized spacial score (nSPS) is 21.2. The molecule has 0 amide bonds. The lowest BCUT2D eigenvalue weighted by molar-refractivity contribution is 0.174. The highest BCUT2D eigenvalue weighted by Gasteiger charge is 2.31. The largest absolute Gasteiger partial charge is 0.454 e. The highest BCUT2D eigenvalue weighted by atomic mass is 32.2. The van der Waals surface area contributed by atoms with Crippen molar-refractivity contribution in [3.8, 4) is 11.5 Å². The van der Waals surface area contributed by atoms with Crippen molar-refractivity contribution in [1.29, 1.82) is 0 Å². The number of benzene rings is 1. The van der Waals surface area contributed by atoms with Crippen LogP contribution in [-0.4, -0.2) is 42.7 Å². The lowest BCUT2D eigenvalue weighted by atomic mass is 10.2. The number of aromatic amines is 1. The van der Waals surface area contributed by atoms with Crippen molar-refractivity contribution in [2.45, 2.75) is 19.4 Å². The van der Waals surface area contributed by atoms with E-state index < -0.39 is 9.84 Å². The Bertz CT molecular complexity index is 1020. The van der Waals surface area contributed by atoms with E-state index in [1.165, 1.54) is 10.9 Å². The molecule has 25 heavy (non-hydrogen) atoms. The van der Waals surface area contributed by atoms with E-state index in [0.717, 1.165) is 0 Å². The van der Waals surface area contributed by atoms with Gasteiger partial charge in [0.05, 0.1) is 28.8 Å². The molecule has 0 radical (unpaired) electrons. The maximum absolute atomic E-state index is 12.6. The summed E-state index contributed by atoms with van der Waals surface area (Å²) in [6.07, 6.45) is 1.94. The van der Waals surface area contributed by atoms with E-state index in [4.69, 9.17) is 9.47 Å². The van der Waals surface area contributed by atoms with Gasteiger partial charge in [0, 0.05) is 18.0 Å². The second-order valence-electron chi connectivity index (χ2n) is 6.18. The van der Waals surface area contributed by atoms with Gasteiger partial charge in [0.15, 0.2) is 21.3 Å². The SMILES string of the molecule is Cc1[nH]n([C@H]2CCS(=O)(=O)C2)c(=O)c1C=Nc1ccc2c(c1)OCO2. The van der Waals surface area contributed by atoms with Crippen molar-refractivity contribution >= 4 is 21.7 Å². The summed E-state index contributed by atoms with van der Waals surface area (Å²) in [6.45, 7) is 1.96. The fraction of sp³-hybridized carbons (Fsp3) is 0.375. The maximum Gasteiger partial charge on any atom is 0.275 e. The molecule has 0 spiro atoms. The van der Waals surface area contributed by atoms with Crippen LogP contribution in [0.15, 0.2) is 28.0 Å². The third-order valence-corrected chi connectivity index (χ3v) is 6.16. The first-order chi connectivity index (χ1) is 11.9. The average molecular weight is 363 g/mol. The molecule has 1 fully saturated rings. The van der Waals surface area contributed by atoms with Gasteiger partial charge < -0.3 is 9.47 Å². The van der Waals surface area contributed by atoms with E-state index in [2.05, 4.69) is 10.1 Å². The Kier molecular flexibility index (Phi) is 3.68. The number of sulfone groups is 1. The van der Waals surface area contributed by atoms with E-state index >= 15 is 0 Å². The molecule has 9 heteroatoms. The van der Waals surface area contributed by atoms with Crippen molar-refractivity contribution in [2.75, 3.05) is 18.3 Å². The van der Waals surface area contributed by atoms with Gasteiger partial charge in [-0.2, -0.15) is 0 Å². The Morgan fingerprint density at radius 2 is 2.12 bits per heavy atom. The van der Waals surface area contributed by atoms with Crippen molar-refractivity contribution in [2.24, 2.45) is 4.99 Å². The zero-order valence-electron chi connectivity index (χ0n) is 13.6. The van der Waals surface area contributed by atoms with Crippen molar-refractivity contribution in [3.63, 3.8) is 0 Å². The van der Waals surface area contributed by atoms with Gasteiger partial charge in [-0.25, -0.2) is 13.1 Å². The van der Waals surface area contributed by atoms with Gasteiger partial charge in [-0.15, -0.1) is 0 Å². The molecule has 0 unspecified atom stereocenters. The van der Waals surface area contributed by atoms with Crippen LogP contribution in [0.3, 0.4) is 0 Å². The van der Waals surface area contributed by atoms with Crippen LogP contribution in [-0.2, 0) is 9.84 Å². The molecule has 1 aromatic carbocycles. The molecule has 1 aromatic heterocycles. The second kappa shape index (κ2) is 5.76. The Balaban J connectivity index is 1.62. The molecule has 3 heterocycles. The number of hydrogen-bond acceptors (Lipinski definition) is 6. The highest BCUT2D eigenvalue weighted by molar-refractivity contribution is 7.91. The number of fused-ring (bicyclic) bond motifs is 1. The summed E-state index contributed by atoms with van der Waals surface area (Å²) in [5.41, 5.74) is 1.45. The summed E-state index contributed by atoms with van der Waals surface area (Å²) < 4.78 is 35.2. The van der Waals surface area contributed by atoms with Crippen LogP contribution < -0.4 is 15.0 Å². The van der Waals surface area contributed by atoms with Gasteiger partial charge in [0.25, 0.3) is 5.56 Å². The molecule has 132 valence electrons. The Hall–Kier alpha value is -2.55. The van der Waals surface area contributed by atoms with Gasteiger partial charge in [-0.1, -0.05) is 0 Å². The minimum Gasteiger partial charge on any atom is -0.454 e. The van der Waals surface area contributed by atoms with Crippen LogP contribution in [0.25, 0.3) is 0 Å². The van der Waals surface area contributed by atoms with Crippen LogP contribution in [0.5, 0.6) is 11.5 Å². The number of aryl methyl sites for hydroxylation is 1. The van der Waals surface area contributed by atoms with E-state index in [1.807, 2.05) is 0 Å². The fourth-order valence-electron chi connectivity index (χ4n) is 3.07. The lowest BCUT2D eigenvalue weighted by Gasteiger charge is -2.07. The smallest absolute Gasteiger partial charge is 0.275 e. The summed E-state index contributed by atoms with van der Waals surface area (Å²) in [7, 11) is -3.06. The van der Waals surface area contributed by atoms with Gasteiger partial charge in [-0.3, -0.25) is 14.9 Å². The van der Waals surface area contributed by atoms with Crippen LogP contribution >= 0.6 is 0 Å². The number of H-pyrrole nitrogens is 1. The number of nitrogens with zero attached hydrogens (tertiary/aromatic N) is 2. The minimum absolute atomic E-state index is 0.00833. The molecular weight excluding hydrogens is 346 g/mol. The molecule has 1 saturated heterocycles. The first-order valence-electron chi connectivity index (χ1n) is 7.88. The molecule has 1 N–H and O–H groups in total. The van der Waals surface area contributed by atoms with Crippen LogP contribution in [0, 0.1) is 6.92 Å². The Morgan fingerprint density at radius 3 is 2.88 bits per heavy atom. The summed E-state index contributed by atoms with van der Waals surface area (Å²) >= 11 is 0. The molecule has 2 aliphatic rings. The molecule has 1 atom stereocenters. The van der Waals surface area contributed by atoms with Crippen molar-refractivity contribution in [1.82, 2.24) is 9.78 Å². The molecule has 8 nitrogen and oxygen atoms in total. The molecular formula is C16H17N3O5S. The Morgan fingerprint density at radius 1 is 1.32 bits per heavy atom. The standard InChI is InChI=1S/C16H17N3O5S/c1-10-13(7-17-11-2-3-14-15(6-11)24-9-23-14)16(20)19(18-10)12-4-5-25(21,22)8-12/h2-3,6-7,12,18H,4-5,8-9H2,1H3/t12-/m0/s1. The van der Waals surface area contributed by atoms with Gasteiger partial charge >= 0.3 is 0 Å². The predicted octanol–water partition coefficient (Wildman–Crippen LogP) is 1.32. The molecule has 0 bridgehead atoms. The number of nitrogens with one attached hydrogen (secondary N) is 1. The topological polar surface area (TPSA) is 103 Å². The first kappa shape index (κ1) is 15.9. The summed E-state index contributed by atoms with van der Waals surface area (Å²) in [6, 6.07) is 4.93. The quantitative estimate of drug-likeness (QED) is 0.829. The zero-order chi connectivity index (χ0) is 17.6. The monoisotopic (exact) mass is 363 g/mol. The Labute approximate surface area is 144 Å². The number of hydrogen-bond donors (Lipinski definition) is 1. The number of ether oxygens (including phenoxy) is 2. The fourth-order valence-corrected chi connectivity index (χ4v) is 4.77. The minimum atomic E-state index is -3.06. The average Bonchev–Trinajstić information content (AvgIpc) is 3.24. The molecule has 2 aromatic rings. The molecule has 2 aliphatic heterocycles. The predicted molar refractivity (Wildman–Crippen MR) is 91.9 cm³/mol. The summed E-state index contributed by atoms with van der Waals surface area (Å²) in [4.78, 5) is 16.9. The van der Waals surface area contributed by atoms with E-state index in [9.17, 15) is 13.2 Å². The number of rotatable bonds is 3. The van der Waals surface area contributed by atoms with Gasteiger partial charge in [0.2, 0.25) is 6.79 Å². The third kappa shape index (κ3) is 2.95. The third-order valence-electron chi connectivity index (χ3n) is 4.41. The number of aliphatic imine (C=N–C) groups is 1. The van der Waals surface area contributed by atoms with Crippen LogP contribution in [0.4, 0.5) is 5.69 Å². The summed E-state index contributed by atoms with van der Waals surface area (Å²) in [5, 5.41) is 2.97. The van der Waals surface area contributed by atoms with Crippen molar-refractivity contribution in [3.05, 3.63) is 39.8 Å². The maximum atomic E-state index is 12.6.